The van der Waals surface area contributed by atoms with Crippen LogP contribution in [0.4, 0.5) is 13.2 Å². The Balaban J connectivity index is 1.64. The molecule has 0 unspecified atom stereocenters. The first-order valence-electron chi connectivity index (χ1n) is 12.2. The van der Waals surface area contributed by atoms with E-state index in [-0.39, 0.29) is 17.6 Å². The number of halogens is 3. The number of aliphatic hydroxyl groups is 1. The number of sulfonamides is 1. The van der Waals surface area contributed by atoms with Crippen molar-refractivity contribution in [3.63, 3.8) is 0 Å². The number of carboxylic acid groups (broad SMARTS) is 1. The Morgan fingerprint density at radius 3 is 2.32 bits per heavy atom. The lowest BCUT2D eigenvalue weighted by Gasteiger charge is -2.31. The third kappa shape index (κ3) is 7.66. The van der Waals surface area contributed by atoms with Gasteiger partial charge in [-0.25, -0.2) is 13.2 Å². The minimum Gasteiger partial charge on any atom is -0.478 e. The number of likely N-dealkylation sites (N-methyl/N-ethyl adjacent to an activating group) is 1. The molecule has 3 N–H and O–H groups in total. The van der Waals surface area contributed by atoms with Gasteiger partial charge in [0.2, 0.25) is 10.0 Å². The predicted molar refractivity (Wildman–Crippen MR) is 138 cm³/mol. The summed E-state index contributed by atoms with van der Waals surface area (Å²) in [5, 5.41) is 22.5. The van der Waals surface area contributed by atoms with E-state index in [1.54, 1.807) is 0 Å². The summed E-state index contributed by atoms with van der Waals surface area (Å²) >= 11 is 0. The second kappa shape index (κ2) is 11.6. The van der Waals surface area contributed by atoms with Crippen molar-refractivity contribution in [1.29, 1.82) is 0 Å². The maximum atomic E-state index is 13.7. The molecule has 0 amide bonds. The lowest BCUT2D eigenvalue weighted by molar-refractivity contribution is -0.140. The van der Waals surface area contributed by atoms with Crippen molar-refractivity contribution in [2.45, 2.75) is 55.8 Å². The molecule has 0 heterocycles. The average molecular weight is 555 g/mol. The molecule has 2 aromatic carbocycles. The molecule has 38 heavy (non-hydrogen) atoms. The fraction of sp³-hybridized carbons (Fsp3) is 0.444. The molecular weight excluding hydrogens is 521 g/mol. The minimum absolute atomic E-state index is 0.0532. The molecule has 0 saturated heterocycles. The van der Waals surface area contributed by atoms with Gasteiger partial charge in [-0.1, -0.05) is 30.3 Å². The van der Waals surface area contributed by atoms with Crippen molar-refractivity contribution in [1.82, 2.24) is 9.62 Å². The first-order valence-corrected chi connectivity index (χ1v) is 13.6. The lowest BCUT2D eigenvalue weighted by atomic mass is 9.88. The van der Waals surface area contributed by atoms with Crippen LogP contribution in [-0.2, 0) is 33.8 Å². The van der Waals surface area contributed by atoms with Gasteiger partial charge in [-0.2, -0.15) is 17.5 Å². The largest absolute Gasteiger partial charge is 0.478 e. The zero-order chi connectivity index (χ0) is 28.3. The Kier molecular flexibility index (Phi) is 9.08. The van der Waals surface area contributed by atoms with Crippen molar-refractivity contribution >= 4 is 22.1 Å². The lowest BCUT2D eigenvalue weighted by Crippen LogP contribution is -2.47. The van der Waals surface area contributed by atoms with Gasteiger partial charge in [0.25, 0.3) is 0 Å². The van der Waals surface area contributed by atoms with E-state index in [9.17, 15) is 31.5 Å². The van der Waals surface area contributed by atoms with Crippen LogP contribution in [-0.4, -0.2) is 60.7 Å². The maximum absolute atomic E-state index is 13.7. The van der Waals surface area contributed by atoms with Gasteiger partial charge in [0.15, 0.2) is 0 Å². The number of β-amino-alcohol motifs (C(OH)–C–C–N with tert-alkyl or cyclic N) is 1. The SMILES string of the molecule is CN(C[C@H](O)CNC(C)(C)CC1Cc2ccccc2C1)S(=O)(=O)c1ccc(/C=C/C(=O)O)cc1C(F)(F)F. The second-order valence-electron chi connectivity index (χ2n) is 10.4. The highest BCUT2D eigenvalue weighted by molar-refractivity contribution is 7.89. The molecule has 0 aromatic heterocycles. The number of rotatable bonds is 11. The Morgan fingerprint density at radius 1 is 1.16 bits per heavy atom. The molecule has 0 saturated carbocycles. The highest BCUT2D eigenvalue weighted by Gasteiger charge is 2.39. The van der Waals surface area contributed by atoms with Gasteiger partial charge in [-0.05, 0) is 73.9 Å². The zero-order valence-electron chi connectivity index (χ0n) is 21.5. The second-order valence-corrected chi connectivity index (χ2v) is 12.4. The number of alkyl halides is 3. The summed E-state index contributed by atoms with van der Waals surface area (Å²) in [5.41, 5.74) is 0.795. The zero-order valence-corrected chi connectivity index (χ0v) is 22.3. The summed E-state index contributed by atoms with van der Waals surface area (Å²) in [6, 6.07) is 10.8. The van der Waals surface area contributed by atoms with Gasteiger partial charge in [0.05, 0.1) is 16.6 Å². The molecule has 2 aromatic rings. The molecule has 11 heteroatoms. The Morgan fingerprint density at radius 2 is 1.76 bits per heavy atom. The third-order valence-electron chi connectivity index (χ3n) is 6.63. The molecule has 0 fully saturated rings. The highest BCUT2D eigenvalue weighted by Crippen LogP contribution is 2.36. The number of carbonyl (C=O) groups is 1. The number of aliphatic hydroxyl groups excluding tert-OH is 1. The number of hydrogen-bond donors (Lipinski definition) is 3. The van der Waals surface area contributed by atoms with E-state index in [4.69, 9.17) is 5.11 Å². The van der Waals surface area contributed by atoms with Gasteiger partial charge in [-0.3, -0.25) is 0 Å². The van der Waals surface area contributed by atoms with Crippen LogP contribution < -0.4 is 5.32 Å². The first kappa shape index (κ1) is 29.8. The molecule has 1 atom stereocenters. The first-order chi connectivity index (χ1) is 17.6. The minimum atomic E-state index is -5.00. The quantitative estimate of drug-likeness (QED) is 0.363. The number of aliphatic carboxylic acids is 1. The van der Waals surface area contributed by atoms with Crippen LogP contribution in [0.25, 0.3) is 6.08 Å². The normalized spacial score (nSPS) is 15.8. The maximum Gasteiger partial charge on any atom is 0.417 e. The molecule has 0 spiro atoms. The number of hydrogen-bond acceptors (Lipinski definition) is 5. The number of carboxylic acids is 1. The number of fused-ring (bicyclic) bond motifs is 1. The van der Waals surface area contributed by atoms with Crippen molar-refractivity contribution < 1.29 is 36.6 Å². The fourth-order valence-electron chi connectivity index (χ4n) is 4.87. The summed E-state index contributed by atoms with van der Waals surface area (Å²) in [6.45, 7) is 3.63. The van der Waals surface area contributed by atoms with Crippen LogP contribution >= 0.6 is 0 Å². The van der Waals surface area contributed by atoms with Gasteiger partial charge < -0.3 is 15.5 Å². The topological polar surface area (TPSA) is 107 Å². The van der Waals surface area contributed by atoms with Crippen LogP contribution in [0.15, 0.2) is 53.4 Å². The predicted octanol–water partition coefficient (Wildman–Crippen LogP) is 3.96. The number of nitrogens with one attached hydrogen (secondary N) is 1. The van der Waals surface area contributed by atoms with E-state index >= 15 is 0 Å². The Bertz CT molecular complexity index is 1270. The fourth-order valence-corrected chi connectivity index (χ4v) is 6.27. The average Bonchev–Trinajstić information content (AvgIpc) is 3.22. The van der Waals surface area contributed by atoms with Crippen molar-refractivity contribution in [2.24, 2.45) is 5.92 Å². The summed E-state index contributed by atoms with van der Waals surface area (Å²) in [6.07, 6.45) is -1.79. The molecule has 0 aliphatic heterocycles. The van der Waals surface area contributed by atoms with Crippen molar-refractivity contribution in [3.05, 3.63) is 70.8 Å². The standard InChI is InChI=1S/C27H33F3N2O5S/c1-26(2,15-19-12-20-6-4-5-7-21(20)13-19)31-16-22(33)17-32(3)38(36,37)24-10-8-18(9-11-25(34)35)14-23(24)27(28,29)30/h4-11,14,19,22,31,33H,12-13,15-17H2,1-3H3,(H,34,35)/b11-9+/t22-/m1/s1. The monoisotopic (exact) mass is 554 g/mol. The van der Waals surface area contributed by atoms with Gasteiger partial charge in [0.1, 0.15) is 0 Å². The smallest absolute Gasteiger partial charge is 0.417 e. The summed E-state index contributed by atoms with van der Waals surface area (Å²) in [7, 11) is -3.50. The molecule has 0 bridgehead atoms. The van der Waals surface area contributed by atoms with E-state index in [1.165, 1.54) is 11.1 Å². The van der Waals surface area contributed by atoms with Gasteiger partial charge in [0, 0.05) is 31.8 Å². The van der Waals surface area contributed by atoms with Crippen LogP contribution in [0.5, 0.6) is 0 Å². The van der Waals surface area contributed by atoms with Crippen molar-refractivity contribution in [3.8, 4) is 0 Å². The van der Waals surface area contributed by atoms with Crippen LogP contribution in [0.1, 0.15) is 42.5 Å². The molecule has 208 valence electrons. The van der Waals surface area contributed by atoms with Crippen LogP contribution in [0, 0.1) is 5.92 Å². The van der Waals surface area contributed by atoms with E-state index in [2.05, 4.69) is 17.4 Å². The van der Waals surface area contributed by atoms with Crippen LogP contribution in [0.3, 0.4) is 0 Å². The summed E-state index contributed by atoms with van der Waals surface area (Å²) in [5.74, 6) is -0.918. The number of benzene rings is 2. The van der Waals surface area contributed by atoms with E-state index in [0.717, 1.165) is 44.5 Å². The Hall–Kier alpha value is -2.73. The van der Waals surface area contributed by atoms with E-state index < -0.39 is 45.3 Å². The molecule has 1 aliphatic carbocycles. The van der Waals surface area contributed by atoms with E-state index in [1.807, 2.05) is 26.0 Å². The highest BCUT2D eigenvalue weighted by atomic mass is 32.2. The summed E-state index contributed by atoms with van der Waals surface area (Å²) < 4.78 is 67.9. The third-order valence-corrected chi connectivity index (χ3v) is 8.52. The van der Waals surface area contributed by atoms with Gasteiger partial charge in [-0.15, -0.1) is 0 Å². The molecule has 1 aliphatic rings. The molecular formula is C27H33F3N2O5S. The molecule has 7 nitrogen and oxygen atoms in total. The molecule has 3 rings (SSSR count). The van der Waals surface area contributed by atoms with Crippen molar-refractivity contribution in [2.75, 3.05) is 20.1 Å². The van der Waals surface area contributed by atoms with Gasteiger partial charge >= 0.3 is 12.1 Å². The van der Waals surface area contributed by atoms with E-state index in [0.29, 0.717) is 22.4 Å². The molecule has 0 radical (unpaired) electrons. The van der Waals surface area contributed by atoms with Crippen LogP contribution in [0.2, 0.25) is 0 Å². The Labute approximate surface area is 221 Å². The number of nitrogens with zero attached hydrogens (tertiary/aromatic N) is 1. The summed E-state index contributed by atoms with van der Waals surface area (Å²) in [4.78, 5) is 9.71.